The molecule has 0 bridgehead atoms. The van der Waals surface area contributed by atoms with Crippen LogP contribution >= 0.6 is 0 Å². The van der Waals surface area contributed by atoms with Gasteiger partial charge in [0.1, 0.15) is 22.0 Å². The molecule has 0 radical (unpaired) electrons. The number of sulfonamides is 1. The predicted molar refractivity (Wildman–Crippen MR) is 246 cm³/mol. The Morgan fingerprint density at radius 1 is 0.922 bits per heavy atom. The number of carbonyl (C=O) groups excluding carboxylic acids is 1. The molecule has 336 valence electrons. The highest BCUT2D eigenvalue weighted by Crippen LogP contribution is 2.51. The Labute approximate surface area is 374 Å². The summed E-state index contributed by atoms with van der Waals surface area (Å²) in [6.07, 6.45) is 18.3. The van der Waals surface area contributed by atoms with E-state index in [9.17, 15) is 23.3 Å². The van der Waals surface area contributed by atoms with Gasteiger partial charge in [0, 0.05) is 66.5 Å². The maximum Gasteiger partial charge on any atom is 0.312 e. The van der Waals surface area contributed by atoms with E-state index in [1.165, 1.54) is 45.1 Å². The second-order valence-electron chi connectivity index (χ2n) is 20.0. The topological polar surface area (TPSA) is 176 Å². The molecule has 2 aromatic carbocycles. The Hall–Kier alpha value is -5.54. The fourth-order valence-electron chi connectivity index (χ4n) is 11.0. The number of anilines is 2. The molecule has 5 aliphatic rings. The average Bonchev–Trinajstić information content (AvgIpc) is 3.81. The minimum Gasteiger partial charge on any atom is -0.455 e. The van der Waals surface area contributed by atoms with Crippen molar-refractivity contribution >= 4 is 44.2 Å². The Bertz CT molecular complexity index is 2670. The van der Waals surface area contributed by atoms with Gasteiger partial charge in [-0.05, 0) is 136 Å². The van der Waals surface area contributed by atoms with Crippen molar-refractivity contribution in [3.05, 3.63) is 106 Å². The molecule has 15 heteroatoms. The summed E-state index contributed by atoms with van der Waals surface area (Å²) in [5.41, 5.74) is 4.69. The van der Waals surface area contributed by atoms with Gasteiger partial charge in [-0.25, -0.2) is 23.1 Å². The van der Waals surface area contributed by atoms with Crippen LogP contribution in [0, 0.1) is 26.9 Å². The molecule has 2 aliphatic heterocycles. The molecule has 1 atom stereocenters. The first-order valence-corrected chi connectivity index (χ1v) is 24.6. The summed E-state index contributed by atoms with van der Waals surface area (Å²) in [5.74, 6) is 0.657. The van der Waals surface area contributed by atoms with E-state index in [-0.39, 0.29) is 28.0 Å². The fourth-order valence-corrected chi connectivity index (χ4v) is 12.0. The maximum atomic E-state index is 14.0. The third kappa shape index (κ3) is 8.68. The summed E-state index contributed by atoms with van der Waals surface area (Å²) >= 11 is 0. The molecule has 10 rings (SSSR count). The molecule has 64 heavy (non-hydrogen) atoms. The number of nitro groups is 1. The van der Waals surface area contributed by atoms with Gasteiger partial charge in [0.15, 0.2) is 0 Å². The monoisotopic (exact) mass is 886 g/mol. The first-order chi connectivity index (χ1) is 30.8. The molecular weight excluding hydrogens is 829 g/mol. The van der Waals surface area contributed by atoms with E-state index in [1.54, 1.807) is 41.7 Å². The van der Waals surface area contributed by atoms with Crippen LogP contribution in [-0.2, 0) is 10.0 Å². The molecule has 5 fully saturated rings. The number of aromatic nitrogens is 3. The zero-order chi connectivity index (χ0) is 44.2. The minimum atomic E-state index is -4.59. The van der Waals surface area contributed by atoms with Crippen LogP contribution in [0.4, 0.5) is 17.2 Å². The molecule has 3 N–H and O–H groups in total. The Morgan fingerprint density at radius 3 is 2.44 bits per heavy atom. The summed E-state index contributed by atoms with van der Waals surface area (Å²) in [6.45, 7) is 7.93. The molecule has 3 aliphatic carbocycles. The molecule has 5 heterocycles. The van der Waals surface area contributed by atoms with Crippen molar-refractivity contribution in [3.8, 4) is 11.5 Å². The van der Waals surface area contributed by atoms with Crippen LogP contribution in [0.1, 0.15) is 124 Å². The van der Waals surface area contributed by atoms with Crippen LogP contribution in [0.3, 0.4) is 0 Å². The highest BCUT2D eigenvalue weighted by molar-refractivity contribution is 7.90. The van der Waals surface area contributed by atoms with Gasteiger partial charge in [0.2, 0.25) is 5.82 Å². The van der Waals surface area contributed by atoms with Gasteiger partial charge in [0.05, 0.1) is 22.9 Å². The fraction of sp³-hybridized carbons (Fsp3) is 0.490. The van der Waals surface area contributed by atoms with Crippen molar-refractivity contribution in [2.45, 2.75) is 114 Å². The van der Waals surface area contributed by atoms with Crippen molar-refractivity contribution in [3.63, 3.8) is 0 Å². The van der Waals surface area contributed by atoms with Crippen LogP contribution in [0.5, 0.6) is 11.5 Å². The lowest BCUT2D eigenvalue weighted by Crippen LogP contribution is -2.59. The molecular formula is C49H58N8O6S. The van der Waals surface area contributed by atoms with Gasteiger partial charge in [-0.2, -0.15) is 0 Å². The lowest BCUT2D eigenvalue weighted by molar-refractivity contribution is -0.384. The summed E-state index contributed by atoms with van der Waals surface area (Å²) in [5, 5.41) is 16.0. The number of benzene rings is 2. The second-order valence-corrected chi connectivity index (χ2v) is 21.7. The van der Waals surface area contributed by atoms with Gasteiger partial charge < -0.3 is 19.9 Å². The van der Waals surface area contributed by atoms with Gasteiger partial charge in [-0.1, -0.05) is 38.1 Å². The summed E-state index contributed by atoms with van der Waals surface area (Å²) in [7, 11) is -4.59. The minimum absolute atomic E-state index is 0.00858. The molecule has 3 aromatic heterocycles. The maximum absolute atomic E-state index is 14.0. The van der Waals surface area contributed by atoms with E-state index in [0.717, 1.165) is 80.9 Å². The SMILES string of the molecule is CC1(C)CCC(CNc2ncc(S(=O)(=O)NC(=O)c3ccc(N4CC5(CCC(N6CCC[C@@H]6c6ccccc6C6CC6)CC5)C4)cc3Oc3cnc4[nH]ccc4c3)cc2[N+](=O)[O-])CC1. The average molecular weight is 887 g/mol. The first-order valence-electron chi connectivity index (χ1n) is 23.1. The van der Waals surface area contributed by atoms with Crippen LogP contribution in [0.15, 0.2) is 84.1 Å². The zero-order valence-electron chi connectivity index (χ0n) is 36.7. The smallest absolute Gasteiger partial charge is 0.312 e. The third-order valence-corrected chi connectivity index (χ3v) is 16.3. The van der Waals surface area contributed by atoms with Crippen LogP contribution in [-0.4, -0.2) is 71.3 Å². The van der Waals surface area contributed by atoms with Gasteiger partial charge in [-0.3, -0.25) is 19.8 Å². The lowest BCUT2D eigenvalue weighted by atomic mass is 9.67. The number of pyridine rings is 2. The normalized spacial score (nSPS) is 21.5. The van der Waals surface area contributed by atoms with Gasteiger partial charge in [0.25, 0.3) is 15.9 Å². The molecule has 5 aromatic rings. The number of carbonyl (C=O) groups is 1. The Morgan fingerprint density at radius 2 is 1.69 bits per heavy atom. The van der Waals surface area contributed by atoms with Gasteiger partial charge in [-0.15, -0.1) is 0 Å². The molecule has 14 nitrogen and oxygen atoms in total. The van der Waals surface area contributed by atoms with Gasteiger partial charge >= 0.3 is 5.69 Å². The molecule has 2 saturated heterocycles. The number of H-pyrrole nitrogens is 1. The highest BCUT2D eigenvalue weighted by Gasteiger charge is 2.47. The summed E-state index contributed by atoms with van der Waals surface area (Å²) in [4.78, 5) is 41.8. The van der Waals surface area contributed by atoms with E-state index in [2.05, 4.69) is 72.9 Å². The van der Waals surface area contributed by atoms with E-state index in [1.807, 2.05) is 12.1 Å². The number of hydrogen-bond donors (Lipinski definition) is 3. The van der Waals surface area contributed by atoms with Crippen molar-refractivity contribution < 1.29 is 22.9 Å². The van der Waals surface area contributed by atoms with Crippen molar-refractivity contribution in [1.82, 2.24) is 24.6 Å². The van der Waals surface area contributed by atoms with Crippen LogP contribution < -0.4 is 19.7 Å². The number of ether oxygens (including phenoxy) is 1. The number of aromatic amines is 1. The Kier molecular flexibility index (Phi) is 11.1. The summed E-state index contributed by atoms with van der Waals surface area (Å²) < 4.78 is 35.9. The predicted octanol–water partition coefficient (Wildman–Crippen LogP) is 9.87. The number of rotatable bonds is 13. The van der Waals surface area contributed by atoms with E-state index in [4.69, 9.17) is 4.74 Å². The van der Waals surface area contributed by atoms with Crippen LogP contribution in [0.2, 0.25) is 0 Å². The lowest BCUT2D eigenvalue weighted by Gasteiger charge is -2.55. The molecule has 3 saturated carbocycles. The number of amides is 1. The Balaban J connectivity index is 0.832. The second kappa shape index (κ2) is 16.8. The van der Waals surface area contributed by atoms with Crippen molar-refractivity contribution in [1.29, 1.82) is 0 Å². The number of nitrogens with zero attached hydrogens (tertiary/aromatic N) is 5. The number of hydrogen-bond acceptors (Lipinski definition) is 11. The van der Waals surface area contributed by atoms with E-state index < -0.39 is 31.4 Å². The molecule has 1 spiro atoms. The quantitative estimate of drug-likeness (QED) is 0.0758. The van der Waals surface area contributed by atoms with E-state index >= 15 is 0 Å². The van der Waals surface area contributed by atoms with Crippen molar-refractivity contribution in [2.24, 2.45) is 16.7 Å². The van der Waals surface area contributed by atoms with Crippen LogP contribution in [0.25, 0.3) is 11.0 Å². The summed E-state index contributed by atoms with van der Waals surface area (Å²) in [6, 6.07) is 20.1. The number of fused-ring (bicyclic) bond motifs is 1. The molecule has 0 unspecified atom stereocenters. The molecule has 1 amide bonds. The van der Waals surface area contributed by atoms with Crippen molar-refractivity contribution in [2.75, 3.05) is 36.4 Å². The number of likely N-dealkylation sites (tertiary alicyclic amines) is 1. The zero-order valence-corrected chi connectivity index (χ0v) is 37.5. The first kappa shape index (κ1) is 42.4. The highest BCUT2D eigenvalue weighted by atomic mass is 32.2. The van der Waals surface area contributed by atoms with E-state index in [0.29, 0.717) is 35.9 Å². The number of nitrogens with one attached hydrogen (secondary N) is 3. The largest absolute Gasteiger partial charge is 0.455 e. The standard InChI is InChI=1S/C49H58N8O6S/c1-48(2)18-13-32(14-19-48)27-51-46-43(57(59)60)26-38(29-53-46)64(61,62)54-47(58)41-12-11-36(25-44(41)63-37-24-34-17-22-50-45(34)52-28-37)55-30-49(31-55)20-15-35(16-21-49)56-23-5-8-42(56)40-7-4-3-6-39(40)33-9-10-33/h3-4,6-7,11-12,17,22,24-26,28-29,32-33,35,42H,5,8-10,13-16,18-21,23,27,30-31H2,1-2H3,(H,50,52)(H,51,53)(H,54,58)/t42-/m1/s1. The third-order valence-electron chi connectivity index (χ3n) is 15.0.